The fourth-order valence-electron chi connectivity index (χ4n) is 1.80. The van der Waals surface area contributed by atoms with Crippen LogP contribution < -0.4 is 0 Å². The molecule has 0 radical (unpaired) electrons. The number of carbonyl (C=O) groups excluding carboxylic acids is 1. The van der Waals surface area contributed by atoms with Gasteiger partial charge in [0.25, 0.3) is 0 Å². The molecule has 0 spiro atoms. The lowest BCUT2D eigenvalue weighted by atomic mass is 10.2. The lowest BCUT2D eigenvalue weighted by Crippen LogP contribution is -1.96. The van der Waals surface area contributed by atoms with Gasteiger partial charge in [0.15, 0.2) is 0 Å². The average molecular weight is 306 g/mol. The molecule has 1 heterocycles. The van der Waals surface area contributed by atoms with Gasteiger partial charge in [-0.15, -0.1) is 5.73 Å². The van der Waals surface area contributed by atoms with Gasteiger partial charge in [-0.2, -0.15) is 0 Å². The smallest absolute Gasteiger partial charge is 0.343 e. The Morgan fingerprint density at radius 3 is 2.39 bits per heavy atom. The van der Waals surface area contributed by atoms with Crippen molar-refractivity contribution in [1.82, 2.24) is 0 Å². The standard InChI is InChI=1S/C21H22O2/c1-5-11-17(3)13-9-7-8-10-14-18(4)15-20-16-19(12-6-2)21(22)23-20/h6-16H,1H2,2-4H3/b9-7+,10-8+,12-6+,17-13+,18-14+,20-15+. The molecule has 2 nitrogen and oxygen atoms in total. The Morgan fingerprint density at radius 2 is 1.78 bits per heavy atom. The Bertz CT molecular complexity index is 698. The molecule has 1 aliphatic heterocycles. The monoisotopic (exact) mass is 306 g/mol. The summed E-state index contributed by atoms with van der Waals surface area (Å²) in [5.74, 6) is 0.256. The van der Waals surface area contributed by atoms with Crippen LogP contribution in [-0.2, 0) is 9.53 Å². The molecular weight excluding hydrogens is 284 g/mol. The second-order valence-corrected chi connectivity index (χ2v) is 4.98. The molecule has 0 aliphatic carbocycles. The highest BCUT2D eigenvalue weighted by molar-refractivity contribution is 5.95. The first kappa shape index (κ1) is 18.2. The molecule has 0 amide bonds. The quantitative estimate of drug-likeness (QED) is 0.379. The maximum Gasteiger partial charge on any atom is 0.343 e. The van der Waals surface area contributed by atoms with Gasteiger partial charge in [-0.1, -0.05) is 55.2 Å². The van der Waals surface area contributed by atoms with Gasteiger partial charge in [0, 0.05) is 0 Å². The van der Waals surface area contributed by atoms with Gasteiger partial charge >= 0.3 is 5.97 Å². The number of rotatable bonds is 6. The lowest BCUT2D eigenvalue weighted by Gasteiger charge is -1.95. The maximum absolute atomic E-state index is 11.5. The third-order valence-electron chi connectivity index (χ3n) is 2.84. The van der Waals surface area contributed by atoms with Crippen molar-refractivity contribution >= 4 is 5.97 Å². The largest absolute Gasteiger partial charge is 0.423 e. The van der Waals surface area contributed by atoms with E-state index in [4.69, 9.17) is 4.74 Å². The van der Waals surface area contributed by atoms with Gasteiger partial charge in [0.1, 0.15) is 5.76 Å². The summed E-state index contributed by atoms with van der Waals surface area (Å²) in [4.78, 5) is 11.5. The van der Waals surface area contributed by atoms with E-state index in [0.29, 0.717) is 11.3 Å². The zero-order valence-corrected chi connectivity index (χ0v) is 13.9. The lowest BCUT2D eigenvalue weighted by molar-refractivity contribution is -0.132. The molecule has 0 bridgehead atoms. The van der Waals surface area contributed by atoms with Crippen LogP contribution in [0.1, 0.15) is 20.8 Å². The molecule has 0 saturated carbocycles. The van der Waals surface area contributed by atoms with Crippen molar-refractivity contribution < 1.29 is 9.53 Å². The number of hydrogen-bond donors (Lipinski definition) is 0. The second-order valence-electron chi connectivity index (χ2n) is 4.98. The number of carbonyl (C=O) groups is 1. The van der Waals surface area contributed by atoms with E-state index >= 15 is 0 Å². The molecule has 2 heteroatoms. The third kappa shape index (κ3) is 7.12. The summed E-state index contributed by atoms with van der Waals surface area (Å²) in [6, 6.07) is 0. The number of cyclic esters (lactones) is 1. The van der Waals surface area contributed by atoms with Gasteiger partial charge in [-0.05, 0) is 50.1 Å². The van der Waals surface area contributed by atoms with E-state index in [9.17, 15) is 4.79 Å². The third-order valence-corrected chi connectivity index (χ3v) is 2.84. The normalized spacial score (nSPS) is 18.1. The predicted octanol–water partition coefficient (Wildman–Crippen LogP) is 5.28. The highest BCUT2D eigenvalue weighted by Gasteiger charge is 2.18. The SMILES string of the molecule is C=C=C/C(C)=C/C=C/C=C/C=C(C)/C=C1C=C(/C=C/C)C(=O)O\1. The van der Waals surface area contributed by atoms with Crippen molar-refractivity contribution in [3.63, 3.8) is 0 Å². The molecule has 0 N–H and O–H groups in total. The van der Waals surface area contributed by atoms with E-state index in [-0.39, 0.29) is 5.97 Å². The van der Waals surface area contributed by atoms with Gasteiger partial charge in [0.2, 0.25) is 0 Å². The van der Waals surface area contributed by atoms with Crippen molar-refractivity contribution in [2.75, 3.05) is 0 Å². The van der Waals surface area contributed by atoms with E-state index in [1.807, 2.05) is 75.5 Å². The summed E-state index contributed by atoms with van der Waals surface area (Å²) < 4.78 is 5.17. The summed E-state index contributed by atoms with van der Waals surface area (Å²) in [5.41, 5.74) is 5.38. The van der Waals surface area contributed by atoms with Gasteiger partial charge < -0.3 is 4.74 Å². The zero-order chi connectivity index (χ0) is 17.1. The van der Waals surface area contributed by atoms with Crippen LogP contribution in [0, 0.1) is 0 Å². The number of ether oxygens (including phenoxy) is 1. The Hall–Kier alpha value is -2.83. The van der Waals surface area contributed by atoms with Gasteiger partial charge in [0.05, 0.1) is 5.57 Å². The maximum atomic E-state index is 11.5. The first-order chi connectivity index (χ1) is 11.1. The second kappa shape index (κ2) is 9.99. The van der Waals surface area contributed by atoms with E-state index < -0.39 is 0 Å². The fourth-order valence-corrected chi connectivity index (χ4v) is 1.80. The summed E-state index contributed by atoms with van der Waals surface area (Å²) in [5, 5.41) is 0. The zero-order valence-electron chi connectivity index (χ0n) is 13.9. The van der Waals surface area contributed by atoms with E-state index in [1.54, 1.807) is 12.2 Å². The first-order valence-electron chi connectivity index (χ1n) is 7.39. The molecule has 0 aromatic rings. The minimum atomic E-state index is -0.309. The van der Waals surface area contributed by atoms with Crippen LogP contribution in [0.2, 0.25) is 0 Å². The van der Waals surface area contributed by atoms with Crippen molar-refractivity contribution in [3.05, 3.63) is 102 Å². The number of allylic oxidation sites excluding steroid dienone is 12. The Kier molecular flexibility index (Phi) is 7.91. The highest BCUT2D eigenvalue weighted by atomic mass is 16.5. The van der Waals surface area contributed by atoms with Crippen LogP contribution >= 0.6 is 0 Å². The van der Waals surface area contributed by atoms with Gasteiger partial charge in [-0.25, -0.2) is 4.79 Å². The molecular formula is C21H22O2. The highest BCUT2D eigenvalue weighted by Crippen LogP contribution is 2.19. The van der Waals surface area contributed by atoms with Crippen molar-refractivity contribution in [2.45, 2.75) is 20.8 Å². The molecule has 0 fully saturated rings. The van der Waals surface area contributed by atoms with E-state index in [0.717, 1.165) is 11.1 Å². The summed E-state index contributed by atoms with van der Waals surface area (Å²) in [6.45, 7) is 9.33. The molecule has 118 valence electrons. The number of hydrogen-bond acceptors (Lipinski definition) is 2. The number of esters is 1. The van der Waals surface area contributed by atoms with Crippen molar-refractivity contribution in [1.29, 1.82) is 0 Å². The van der Waals surface area contributed by atoms with E-state index in [2.05, 4.69) is 12.3 Å². The van der Waals surface area contributed by atoms with Crippen LogP contribution in [0.4, 0.5) is 0 Å². The molecule has 0 unspecified atom stereocenters. The average Bonchev–Trinajstić information content (AvgIpc) is 2.83. The van der Waals surface area contributed by atoms with Crippen LogP contribution in [0.5, 0.6) is 0 Å². The topological polar surface area (TPSA) is 26.3 Å². The van der Waals surface area contributed by atoms with Crippen LogP contribution in [0.15, 0.2) is 102 Å². The molecule has 0 atom stereocenters. The van der Waals surface area contributed by atoms with E-state index in [1.165, 1.54) is 0 Å². The predicted molar refractivity (Wildman–Crippen MR) is 96.6 cm³/mol. The Morgan fingerprint density at radius 1 is 1.13 bits per heavy atom. The summed E-state index contributed by atoms with van der Waals surface area (Å²) in [6.07, 6.45) is 20.6. The van der Waals surface area contributed by atoms with Crippen molar-refractivity contribution in [2.24, 2.45) is 0 Å². The van der Waals surface area contributed by atoms with Crippen LogP contribution in [0.3, 0.4) is 0 Å². The molecule has 0 saturated heterocycles. The summed E-state index contributed by atoms with van der Waals surface area (Å²) >= 11 is 0. The van der Waals surface area contributed by atoms with Crippen molar-refractivity contribution in [3.8, 4) is 0 Å². The molecule has 0 aromatic carbocycles. The molecule has 23 heavy (non-hydrogen) atoms. The van der Waals surface area contributed by atoms with Crippen LogP contribution in [0.25, 0.3) is 0 Å². The summed E-state index contributed by atoms with van der Waals surface area (Å²) in [7, 11) is 0. The molecule has 1 aliphatic rings. The minimum Gasteiger partial charge on any atom is -0.423 e. The fraction of sp³-hybridized carbons (Fsp3) is 0.143. The molecule has 1 rings (SSSR count). The van der Waals surface area contributed by atoms with Crippen LogP contribution in [-0.4, -0.2) is 5.97 Å². The Labute approximate surface area is 138 Å². The molecule has 0 aromatic heterocycles. The first-order valence-corrected chi connectivity index (χ1v) is 7.39. The van der Waals surface area contributed by atoms with Gasteiger partial charge in [-0.3, -0.25) is 0 Å². The minimum absolute atomic E-state index is 0.309. The Balaban J connectivity index is 2.65.